The Bertz CT molecular complexity index is 323. The van der Waals surface area contributed by atoms with E-state index in [0.29, 0.717) is 19.1 Å². The molecule has 5 heteroatoms. The van der Waals surface area contributed by atoms with Gasteiger partial charge in [-0.05, 0) is 25.7 Å². The van der Waals surface area contributed by atoms with Crippen molar-refractivity contribution in [3.8, 4) is 0 Å². The lowest BCUT2D eigenvalue weighted by Crippen LogP contribution is -2.48. The molecule has 0 aromatic heterocycles. The smallest absolute Gasteiger partial charge is 0.325 e. The molecule has 0 saturated carbocycles. The molecule has 1 fully saturated rings. The van der Waals surface area contributed by atoms with Gasteiger partial charge in [-0.3, -0.25) is 4.79 Å². The van der Waals surface area contributed by atoms with Crippen LogP contribution in [0, 0.1) is 5.92 Å². The van der Waals surface area contributed by atoms with Crippen LogP contribution in [0.25, 0.3) is 0 Å². The first kappa shape index (κ1) is 15.5. The fourth-order valence-corrected chi connectivity index (χ4v) is 2.13. The maximum atomic E-state index is 12.3. The van der Waals surface area contributed by atoms with E-state index in [-0.39, 0.29) is 18.5 Å². The zero-order chi connectivity index (χ0) is 14.3. The van der Waals surface area contributed by atoms with Crippen LogP contribution in [0.1, 0.15) is 26.7 Å². The standard InChI is InChI=1S/C14H24N2O3/c1-4-8-16(11-13(17)19-5-2)14(18)15-9-6-12(3)7-10-15/h4,12H,1,5-11H2,2-3H3. The normalized spacial score (nSPS) is 16.0. The molecule has 19 heavy (non-hydrogen) atoms. The Morgan fingerprint density at radius 1 is 1.42 bits per heavy atom. The molecule has 1 saturated heterocycles. The third-order valence-corrected chi connectivity index (χ3v) is 3.30. The molecule has 0 aliphatic carbocycles. The zero-order valence-electron chi connectivity index (χ0n) is 11.9. The molecule has 0 spiro atoms. The molecule has 1 heterocycles. The first-order valence-electron chi connectivity index (χ1n) is 6.88. The van der Waals surface area contributed by atoms with Gasteiger partial charge in [0.25, 0.3) is 0 Å². The van der Waals surface area contributed by atoms with Gasteiger partial charge in [-0.1, -0.05) is 13.0 Å². The first-order chi connectivity index (χ1) is 9.08. The minimum Gasteiger partial charge on any atom is -0.465 e. The van der Waals surface area contributed by atoms with Crippen LogP contribution < -0.4 is 0 Å². The molecule has 5 nitrogen and oxygen atoms in total. The van der Waals surface area contributed by atoms with E-state index in [1.54, 1.807) is 13.0 Å². The van der Waals surface area contributed by atoms with Crippen molar-refractivity contribution in [1.82, 2.24) is 9.80 Å². The van der Waals surface area contributed by atoms with Gasteiger partial charge >= 0.3 is 12.0 Å². The Morgan fingerprint density at radius 2 is 2.05 bits per heavy atom. The van der Waals surface area contributed by atoms with Gasteiger partial charge in [0.05, 0.1) is 6.61 Å². The second-order valence-corrected chi connectivity index (χ2v) is 4.93. The number of urea groups is 1. The van der Waals surface area contributed by atoms with Gasteiger partial charge in [0.15, 0.2) is 0 Å². The maximum Gasteiger partial charge on any atom is 0.325 e. The lowest BCUT2D eigenvalue weighted by atomic mass is 9.99. The summed E-state index contributed by atoms with van der Waals surface area (Å²) >= 11 is 0. The predicted octanol–water partition coefficient (Wildman–Crippen LogP) is 1.89. The van der Waals surface area contributed by atoms with Crippen LogP contribution in [0.3, 0.4) is 0 Å². The van der Waals surface area contributed by atoms with E-state index in [1.807, 2.05) is 4.90 Å². The Balaban J connectivity index is 2.56. The fourth-order valence-electron chi connectivity index (χ4n) is 2.13. The number of piperidine rings is 1. The Hall–Kier alpha value is -1.52. The quantitative estimate of drug-likeness (QED) is 0.565. The summed E-state index contributed by atoms with van der Waals surface area (Å²) in [5.41, 5.74) is 0. The second kappa shape index (κ2) is 7.81. The fraction of sp³-hybridized carbons (Fsp3) is 0.714. The highest BCUT2D eigenvalue weighted by Crippen LogP contribution is 2.17. The number of rotatable bonds is 5. The van der Waals surface area contributed by atoms with Gasteiger partial charge in [-0.2, -0.15) is 0 Å². The molecular weight excluding hydrogens is 244 g/mol. The number of hydrogen-bond donors (Lipinski definition) is 0. The third-order valence-electron chi connectivity index (χ3n) is 3.30. The minimum atomic E-state index is -0.372. The van der Waals surface area contributed by atoms with Crippen LogP contribution in [0.4, 0.5) is 4.79 Å². The van der Waals surface area contributed by atoms with E-state index < -0.39 is 0 Å². The molecule has 0 bridgehead atoms. The summed E-state index contributed by atoms with van der Waals surface area (Å²) in [7, 11) is 0. The van der Waals surface area contributed by atoms with Gasteiger partial charge < -0.3 is 14.5 Å². The molecule has 2 amide bonds. The monoisotopic (exact) mass is 268 g/mol. The van der Waals surface area contributed by atoms with E-state index in [4.69, 9.17) is 4.74 Å². The molecule has 1 rings (SSSR count). The summed E-state index contributed by atoms with van der Waals surface area (Å²) < 4.78 is 4.89. The van der Waals surface area contributed by atoms with Crippen LogP contribution in [-0.4, -0.2) is 54.6 Å². The van der Waals surface area contributed by atoms with Gasteiger partial charge in [0, 0.05) is 19.6 Å². The van der Waals surface area contributed by atoms with E-state index >= 15 is 0 Å². The largest absolute Gasteiger partial charge is 0.465 e. The summed E-state index contributed by atoms with van der Waals surface area (Å²) in [5, 5.41) is 0. The Labute approximate surface area is 115 Å². The number of esters is 1. The number of hydrogen-bond acceptors (Lipinski definition) is 3. The van der Waals surface area contributed by atoms with Crippen molar-refractivity contribution in [3.05, 3.63) is 12.7 Å². The Kier molecular flexibility index (Phi) is 6.39. The SMILES string of the molecule is C=CCN(CC(=O)OCC)C(=O)N1CCC(C)CC1. The van der Waals surface area contributed by atoms with Crippen LogP contribution in [0.5, 0.6) is 0 Å². The highest BCUT2D eigenvalue weighted by Gasteiger charge is 2.25. The third kappa shape index (κ3) is 4.93. The topological polar surface area (TPSA) is 49.9 Å². The van der Waals surface area contributed by atoms with Crippen LogP contribution in [-0.2, 0) is 9.53 Å². The molecule has 0 aromatic rings. The number of carbonyl (C=O) groups excluding carboxylic acids is 2. The maximum absolute atomic E-state index is 12.3. The van der Waals surface area contributed by atoms with Crippen LogP contribution in [0.2, 0.25) is 0 Å². The summed E-state index contributed by atoms with van der Waals surface area (Å²) in [5.74, 6) is 0.296. The van der Waals surface area contributed by atoms with E-state index in [1.165, 1.54) is 4.90 Å². The highest BCUT2D eigenvalue weighted by molar-refractivity contribution is 5.81. The van der Waals surface area contributed by atoms with Gasteiger partial charge in [0.1, 0.15) is 6.54 Å². The molecule has 0 radical (unpaired) electrons. The second-order valence-electron chi connectivity index (χ2n) is 4.93. The molecule has 0 aromatic carbocycles. The van der Waals surface area contributed by atoms with Crippen molar-refractivity contribution >= 4 is 12.0 Å². The van der Waals surface area contributed by atoms with Crippen molar-refractivity contribution in [2.24, 2.45) is 5.92 Å². The van der Waals surface area contributed by atoms with E-state index in [2.05, 4.69) is 13.5 Å². The number of ether oxygens (including phenoxy) is 1. The molecule has 108 valence electrons. The molecule has 0 unspecified atom stereocenters. The van der Waals surface area contributed by atoms with Crippen molar-refractivity contribution in [2.75, 3.05) is 32.8 Å². The van der Waals surface area contributed by atoms with Gasteiger partial charge in [-0.15, -0.1) is 6.58 Å². The number of carbonyl (C=O) groups is 2. The lowest BCUT2D eigenvalue weighted by Gasteiger charge is -2.34. The van der Waals surface area contributed by atoms with Crippen molar-refractivity contribution in [1.29, 1.82) is 0 Å². The molecule has 0 atom stereocenters. The Morgan fingerprint density at radius 3 is 2.58 bits per heavy atom. The van der Waals surface area contributed by atoms with E-state index in [0.717, 1.165) is 25.9 Å². The number of nitrogens with zero attached hydrogens (tertiary/aromatic N) is 2. The van der Waals surface area contributed by atoms with E-state index in [9.17, 15) is 9.59 Å². The van der Waals surface area contributed by atoms with Crippen LogP contribution >= 0.6 is 0 Å². The average molecular weight is 268 g/mol. The van der Waals surface area contributed by atoms with Gasteiger partial charge in [0.2, 0.25) is 0 Å². The summed E-state index contributed by atoms with van der Waals surface area (Å²) in [6.07, 6.45) is 3.67. The number of amides is 2. The zero-order valence-corrected chi connectivity index (χ0v) is 11.9. The first-order valence-corrected chi connectivity index (χ1v) is 6.88. The average Bonchev–Trinajstić information content (AvgIpc) is 2.38. The molecule has 0 N–H and O–H groups in total. The van der Waals surface area contributed by atoms with Crippen LogP contribution in [0.15, 0.2) is 12.7 Å². The summed E-state index contributed by atoms with van der Waals surface area (Å²) in [4.78, 5) is 27.1. The molecule has 1 aliphatic heterocycles. The van der Waals surface area contributed by atoms with Crippen molar-refractivity contribution < 1.29 is 14.3 Å². The van der Waals surface area contributed by atoms with Gasteiger partial charge in [-0.25, -0.2) is 4.79 Å². The summed E-state index contributed by atoms with van der Waals surface area (Å²) in [6.45, 7) is 9.78. The minimum absolute atomic E-state index is 0.00918. The predicted molar refractivity (Wildman–Crippen MR) is 73.8 cm³/mol. The summed E-state index contributed by atoms with van der Waals surface area (Å²) in [6, 6.07) is -0.0974. The van der Waals surface area contributed by atoms with Crippen molar-refractivity contribution in [3.63, 3.8) is 0 Å². The number of likely N-dealkylation sites (tertiary alicyclic amines) is 1. The molecule has 1 aliphatic rings. The lowest BCUT2D eigenvalue weighted by molar-refractivity contribution is -0.143. The van der Waals surface area contributed by atoms with Crippen molar-refractivity contribution in [2.45, 2.75) is 26.7 Å². The molecular formula is C14H24N2O3. The highest BCUT2D eigenvalue weighted by atomic mass is 16.5.